The Morgan fingerprint density at radius 1 is 0.971 bits per heavy atom. The first-order chi connectivity index (χ1) is 16.1. The van der Waals surface area contributed by atoms with Crippen LogP contribution in [0.25, 0.3) is 0 Å². The largest absolute Gasteiger partial charge is 0.462 e. The van der Waals surface area contributed by atoms with Crippen LogP contribution in [0, 0.1) is 6.92 Å². The molecular formula is C24H22Cl2N2O5S. The summed E-state index contributed by atoms with van der Waals surface area (Å²) in [5.74, 6) is -1.19. The number of halogens is 2. The Morgan fingerprint density at radius 2 is 1.62 bits per heavy atom. The Kier molecular flexibility index (Phi) is 8.19. The van der Waals surface area contributed by atoms with Crippen LogP contribution in [-0.2, 0) is 19.6 Å². The molecule has 1 N–H and O–H groups in total. The molecule has 0 atom stereocenters. The molecule has 0 heterocycles. The van der Waals surface area contributed by atoms with Crippen molar-refractivity contribution in [1.29, 1.82) is 0 Å². The van der Waals surface area contributed by atoms with Crippen LogP contribution in [0.1, 0.15) is 22.8 Å². The molecule has 0 fully saturated rings. The molecule has 0 aliphatic rings. The number of aryl methyl sites for hydroxylation is 1. The van der Waals surface area contributed by atoms with Gasteiger partial charge in [0, 0.05) is 10.7 Å². The number of amides is 1. The van der Waals surface area contributed by atoms with Crippen molar-refractivity contribution in [3.63, 3.8) is 0 Å². The van der Waals surface area contributed by atoms with Gasteiger partial charge in [-0.2, -0.15) is 0 Å². The van der Waals surface area contributed by atoms with Gasteiger partial charge >= 0.3 is 5.97 Å². The summed E-state index contributed by atoms with van der Waals surface area (Å²) in [5.41, 5.74) is 1.63. The monoisotopic (exact) mass is 520 g/mol. The number of anilines is 2. The highest BCUT2D eigenvalue weighted by molar-refractivity contribution is 7.92. The van der Waals surface area contributed by atoms with Crippen molar-refractivity contribution < 1.29 is 22.7 Å². The standard InChI is InChI=1S/C24H22Cl2N2O5S/c1-3-33-24(30)21-13-8-18(14-22(21)26)27-23(29)15-28(19-9-6-17(25)7-10-19)34(31,32)20-11-4-16(2)5-12-20/h4-14H,3,15H2,1-2H3,(H,27,29). The molecule has 0 unspecified atom stereocenters. The number of nitrogens with zero attached hydrogens (tertiary/aromatic N) is 1. The summed E-state index contributed by atoms with van der Waals surface area (Å²) in [6.45, 7) is 3.22. The van der Waals surface area contributed by atoms with Gasteiger partial charge in [-0.05, 0) is 68.4 Å². The van der Waals surface area contributed by atoms with Crippen LogP contribution in [0.2, 0.25) is 10.0 Å². The van der Waals surface area contributed by atoms with Gasteiger partial charge < -0.3 is 10.1 Å². The second-order valence-corrected chi connectivity index (χ2v) is 9.97. The van der Waals surface area contributed by atoms with Crippen LogP contribution in [0.3, 0.4) is 0 Å². The van der Waals surface area contributed by atoms with Crippen LogP contribution >= 0.6 is 23.2 Å². The summed E-state index contributed by atoms with van der Waals surface area (Å²) in [4.78, 5) is 24.8. The summed E-state index contributed by atoms with van der Waals surface area (Å²) in [5, 5.41) is 3.14. The first-order valence-corrected chi connectivity index (χ1v) is 12.4. The quantitative estimate of drug-likeness (QED) is 0.406. The van der Waals surface area contributed by atoms with Crippen molar-refractivity contribution in [3.05, 3.63) is 87.9 Å². The highest BCUT2D eigenvalue weighted by Crippen LogP contribution is 2.26. The van der Waals surface area contributed by atoms with Gasteiger partial charge in [-0.1, -0.05) is 40.9 Å². The molecule has 0 spiro atoms. The molecule has 7 nitrogen and oxygen atoms in total. The lowest BCUT2D eigenvalue weighted by molar-refractivity contribution is -0.114. The third-order valence-corrected chi connectivity index (χ3v) is 7.11. The van der Waals surface area contributed by atoms with Crippen molar-refractivity contribution >= 4 is 56.5 Å². The highest BCUT2D eigenvalue weighted by atomic mass is 35.5. The number of nitrogens with one attached hydrogen (secondary N) is 1. The molecule has 0 saturated heterocycles. The topological polar surface area (TPSA) is 92.8 Å². The highest BCUT2D eigenvalue weighted by Gasteiger charge is 2.27. The average Bonchev–Trinajstić information content (AvgIpc) is 2.78. The Morgan fingerprint density at radius 3 is 2.21 bits per heavy atom. The van der Waals surface area contributed by atoms with E-state index in [1.54, 1.807) is 31.2 Å². The lowest BCUT2D eigenvalue weighted by Crippen LogP contribution is -2.38. The number of ether oxygens (including phenoxy) is 1. The van der Waals surface area contributed by atoms with Gasteiger partial charge in [0.2, 0.25) is 5.91 Å². The van der Waals surface area contributed by atoms with E-state index in [0.717, 1.165) is 9.87 Å². The second-order valence-electron chi connectivity index (χ2n) is 7.26. The van der Waals surface area contributed by atoms with Crippen molar-refractivity contribution in [3.8, 4) is 0 Å². The number of carbonyl (C=O) groups is 2. The van der Waals surface area contributed by atoms with Crippen molar-refractivity contribution in [2.75, 3.05) is 22.8 Å². The zero-order valence-corrected chi connectivity index (χ0v) is 20.7. The molecule has 3 aromatic carbocycles. The second kappa shape index (κ2) is 10.9. The summed E-state index contributed by atoms with van der Waals surface area (Å²) < 4.78 is 32.7. The molecule has 1 amide bonds. The summed E-state index contributed by atoms with van der Waals surface area (Å²) in [6, 6.07) is 16.8. The molecule has 0 aliphatic carbocycles. The lowest BCUT2D eigenvalue weighted by atomic mass is 10.2. The summed E-state index contributed by atoms with van der Waals surface area (Å²) in [6.07, 6.45) is 0. The molecule has 3 aromatic rings. The maximum Gasteiger partial charge on any atom is 0.339 e. The van der Waals surface area contributed by atoms with Gasteiger partial charge in [0.25, 0.3) is 10.0 Å². The lowest BCUT2D eigenvalue weighted by Gasteiger charge is -2.24. The Bertz CT molecular complexity index is 1290. The normalized spacial score (nSPS) is 11.1. The maximum absolute atomic E-state index is 13.4. The zero-order chi connectivity index (χ0) is 24.9. The van der Waals surface area contributed by atoms with Gasteiger partial charge in [-0.3, -0.25) is 9.10 Å². The van der Waals surface area contributed by atoms with Gasteiger partial charge in [-0.15, -0.1) is 0 Å². The molecular weight excluding hydrogens is 499 g/mol. The summed E-state index contributed by atoms with van der Waals surface area (Å²) >= 11 is 12.1. The van der Waals surface area contributed by atoms with Gasteiger partial charge in [-0.25, -0.2) is 13.2 Å². The van der Waals surface area contributed by atoms with E-state index in [0.29, 0.717) is 10.7 Å². The molecule has 0 saturated carbocycles. The van der Waals surface area contributed by atoms with Crippen molar-refractivity contribution in [1.82, 2.24) is 0 Å². The molecule has 0 radical (unpaired) electrons. The molecule has 178 valence electrons. The molecule has 34 heavy (non-hydrogen) atoms. The third kappa shape index (κ3) is 6.08. The predicted octanol–water partition coefficient (Wildman–Crippen LogP) is 5.31. The Balaban J connectivity index is 1.87. The minimum Gasteiger partial charge on any atom is -0.462 e. The van der Waals surface area contributed by atoms with Crippen LogP contribution in [0.4, 0.5) is 11.4 Å². The van der Waals surface area contributed by atoms with Crippen LogP contribution < -0.4 is 9.62 Å². The third-order valence-electron chi connectivity index (χ3n) is 4.76. The van der Waals surface area contributed by atoms with E-state index in [1.165, 1.54) is 42.5 Å². The molecule has 0 aliphatic heterocycles. The fourth-order valence-corrected chi connectivity index (χ4v) is 4.86. The van der Waals surface area contributed by atoms with Gasteiger partial charge in [0.15, 0.2) is 0 Å². The number of sulfonamides is 1. The van der Waals surface area contributed by atoms with Crippen LogP contribution in [-0.4, -0.2) is 33.4 Å². The predicted molar refractivity (Wildman–Crippen MR) is 133 cm³/mol. The maximum atomic E-state index is 13.4. The number of benzene rings is 3. The Hall–Kier alpha value is -3.07. The van der Waals surface area contributed by atoms with E-state index in [1.807, 2.05) is 6.92 Å². The number of rotatable bonds is 8. The van der Waals surface area contributed by atoms with E-state index >= 15 is 0 Å². The Labute approximate surface area is 208 Å². The molecule has 0 aromatic heterocycles. The van der Waals surface area contributed by atoms with E-state index in [4.69, 9.17) is 27.9 Å². The van der Waals surface area contributed by atoms with E-state index in [2.05, 4.69) is 5.32 Å². The average molecular weight is 521 g/mol. The molecule has 3 rings (SSSR count). The number of carbonyl (C=O) groups excluding carboxylic acids is 2. The van der Waals surface area contributed by atoms with Crippen LogP contribution in [0.5, 0.6) is 0 Å². The number of esters is 1. The van der Waals surface area contributed by atoms with Crippen LogP contribution in [0.15, 0.2) is 71.6 Å². The summed E-state index contributed by atoms with van der Waals surface area (Å²) in [7, 11) is -4.06. The van der Waals surface area contributed by atoms with Crippen molar-refractivity contribution in [2.45, 2.75) is 18.7 Å². The fraction of sp³-hybridized carbons (Fsp3) is 0.167. The molecule has 10 heteroatoms. The van der Waals surface area contributed by atoms with Gasteiger partial charge in [0.05, 0.1) is 27.8 Å². The fourth-order valence-electron chi connectivity index (χ4n) is 3.06. The van der Waals surface area contributed by atoms with E-state index < -0.39 is 28.4 Å². The zero-order valence-electron chi connectivity index (χ0n) is 18.4. The van der Waals surface area contributed by atoms with Crippen molar-refractivity contribution in [2.24, 2.45) is 0 Å². The molecule has 0 bridgehead atoms. The minimum atomic E-state index is -4.06. The first kappa shape index (κ1) is 25.6. The number of hydrogen-bond donors (Lipinski definition) is 1. The SMILES string of the molecule is CCOC(=O)c1ccc(NC(=O)CN(c2ccc(Cl)cc2)S(=O)(=O)c2ccc(C)cc2)cc1Cl. The van der Waals surface area contributed by atoms with E-state index in [9.17, 15) is 18.0 Å². The number of hydrogen-bond acceptors (Lipinski definition) is 5. The van der Waals surface area contributed by atoms with E-state index in [-0.39, 0.29) is 27.8 Å². The first-order valence-electron chi connectivity index (χ1n) is 10.2. The smallest absolute Gasteiger partial charge is 0.339 e. The van der Waals surface area contributed by atoms with Gasteiger partial charge in [0.1, 0.15) is 6.54 Å². The minimum absolute atomic E-state index is 0.0442.